The highest BCUT2D eigenvalue weighted by Gasteiger charge is 2.59. The van der Waals surface area contributed by atoms with E-state index in [0.29, 0.717) is 23.3 Å². The molecule has 2 saturated heterocycles. The van der Waals surface area contributed by atoms with Crippen LogP contribution < -0.4 is 5.32 Å². The van der Waals surface area contributed by atoms with Gasteiger partial charge in [-0.3, -0.25) is 4.79 Å². The molecule has 0 aromatic rings. The molecule has 4 fully saturated rings. The summed E-state index contributed by atoms with van der Waals surface area (Å²) in [6.07, 6.45) is 11.6. The number of hydrogen-bond acceptors (Lipinski definition) is 2. The fourth-order valence-electron chi connectivity index (χ4n) is 5.27. The van der Waals surface area contributed by atoms with Crippen molar-refractivity contribution in [2.45, 2.75) is 63.8 Å². The Morgan fingerprint density at radius 2 is 1.80 bits per heavy atom. The molecule has 1 unspecified atom stereocenters. The van der Waals surface area contributed by atoms with Crippen molar-refractivity contribution in [1.29, 1.82) is 0 Å². The van der Waals surface area contributed by atoms with E-state index in [1.807, 2.05) is 0 Å². The number of likely N-dealkylation sites (tertiary alicyclic amines) is 1. The fourth-order valence-corrected chi connectivity index (χ4v) is 5.27. The molecular formula is C17H28N2O. The van der Waals surface area contributed by atoms with Crippen LogP contribution in [0.4, 0.5) is 0 Å². The van der Waals surface area contributed by atoms with Crippen LogP contribution in [0.2, 0.25) is 0 Å². The fraction of sp³-hybridized carbons (Fsp3) is 0.941. The molecule has 2 saturated carbocycles. The van der Waals surface area contributed by atoms with Gasteiger partial charge in [-0.2, -0.15) is 0 Å². The molecule has 1 amide bonds. The quantitative estimate of drug-likeness (QED) is 0.798. The second kappa shape index (κ2) is 5.01. The Kier molecular flexibility index (Phi) is 3.29. The number of rotatable bonds is 1. The molecule has 4 rings (SSSR count). The molecule has 1 spiro atoms. The molecule has 20 heavy (non-hydrogen) atoms. The minimum absolute atomic E-state index is 0.380. The van der Waals surface area contributed by atoms with Gasteiger partial charge < -0.3 is 10.2 Å². The van der Waals surface area contributed by atoms with Gasteiger partial charge in [0.05, 0.1) is 0 Å². The van der Waals surface area contributed by atoms with Gasteiger partial charge in [0.1, 0.15) is 0 Å². The third-order valence-corrected chi connectivity index (χ3v) is 6.61. The highest BCUT2D eigenvalue weighted by atomic mass is 16.2. The van der Waals surface area contributed by atoms with Gasteiger partial charge in [0.25, 0.3) is 0 Å². The Morgan fingerprint density at radius 3 is 2.65 bits per heavy atom. The maximum absolute atomic E-state index is 13.0. The van der Waals surface area contributed by atoms with Crippen LogP contribution >= 0.6 is 0 Å². The van der Waals surface area contributed by atoms with Gasteiger partial charge >= 0.3 is 0 Å². The summed E-state index contributed by atoms with van der Waals surface area (Å²) in [5, 5.41) is 3.44. The molecule has 4 aliphatic rings. The van der Waals surface area contributed by atoms with Crippen molar-refractivity contribution in [3.8, 4) is 0 Å². The summed E-state index contributed by atoms with van der Waals surface area (Å²) in [5.74, 6) is 1.73. The molecule has 2 heterocycles. The van der Waals surface area contributed by atoms with Crippen molar-refractivity contribution in [2.24, 2.45) is 17.3 Å². The van der Waals surface area contributed by atoms with Crippen LogP contribution in [0.3, 0.4) is 0 Å². The minimum Gasteiger partial charge on any atom is -0.339 e. The van der Waals surface area contributed by atoms with Crippen LogP contribution in [-0.4, -0.2) is 36.5 Å². The maximum Gasteiger partial charge on any atom is 0.226 e. The summed E-state index contributed by atoms with van der Waals surface area (Å²) >= 11 is 0. The lowest BCUT2D eigenvalue weighted by molar-refractivity contribution is -0.140. The highest BCUT2D eigenvalue weighted by molar-refractivity contribution is 5.83. The lowest BCUT2D eigenvalue weighted by Gasteiger charge is -2.44. The molecule has 0 bridgehead atoms. The van der Waals surface area contributed by atoms with Crippen LogP contribution in [0.15, 0.2) is 0 Å². The predicted octanol–water partition coefficient (Wildman–Crippen LogP) is 2.56. The van der Waals surface area contributed by atoms with Crippen molar-refractivity contribution in [3.63, 3.8) is 0 Å². The molecule has 0 radical (unpaired) electrons. The van der Waals surface area contributed by atoms with Gasteiger partial charge in [0.15, 0.2) is 0 Å². The van der Waals surface area contributed by atoms with Crippen molar-refractivity contribution in [1.82, 2.24) is 10.2 Å². The van der Waals surface area contributed by atoms with E-state index in [9.17, 15) is 4.79 Å². The van der Waals surface area contributed by atoms with E-state index in [-0.39, 0.29) is 0 Å². The maximum atomic E-state index is 13.0. The molecule has 0 aromatic heterocycles. The second-order valence-electron chi connectivity index (χ2n) is 7.65. The summed E-state index contributed by atoms with van der Waals surface area (Å²) in [5.41, 5.74) is 0.407. The summed E-state index contributed by atoms with van der Waals surface area (Å²) in [4.78, 5) is 15.3. The number of piperidine rings is 2. The average molecular weight is 276 g/mol. The van der Waals surface area contributed by atoms with Gasteiger partial charge in [0.2, 0.25) is 5.91 Å². The third-order valence-electron chi connectivity index (χ3n) is 6.61. The van der Waals surface area contributed by atoms with Crippen molar-refractivity contribution < 1.29 is 4.79 Å². The van der Waals surface area contributed by atoms with Crippen molar-refractivity contribution in [3.05, 3.63) is 0 Å². The first kappa shape index (κ1) is 13.1. The topological polar surface area (TPSA) is 32.3 Å². The van der Waals surface area contributed by atoms with Gasteiger partial charge in [-0.25, -0.2) is 0 Å². The smallest absolute Gasteiger partial charge is 0.226 e. The first-order valence-corrected chi connectivity index (χ1v) is 8.81. The third kappa shape index (κ3) is 2.09. The molecule has 3 nitrogen and oxygen atoms in total. The van der Waals surface area contributed by atoms with Crippen LogP contribution in [0.1, 0.15) is 57.8 Å². The van der Waals surface area contributed by atoms with Gasteiger partial charge in [-0.05, 0) is 69.4 Å². The number of nitrogens with zero attached hydrogens (tertiary/aromatic N) is 1. The summed E-state index contributed by atoms with van der Waals surface area (Å²) in [7, 11) is 0. The van der Waals surface area contributed by atoms with Crippen LogP contribution in [0.25, 0.3) is 0 Å². The number of fused-ring (bicyclic) bond motifs is 1. The van der Waals surface area contributed by atoms with Crippen molar-refractivity contribution in [2.75, 3.05) is 19.6 Å². The van der Waals surface area contributed by atoms with E-state index in [4.69, 9.17) is 0 Å². The average Bonchev–Trinajstić information content (AvgIpc) is 3.20. The van der Waals surface area contributed by atoms with Crippen molar-refractivity contribution >= 4 is 5.91 Å². The summed E-state index contributed by atoms with van der Waals surface area (Å²) in [6, 6.07) is 0.601. The second-order valence-corrected chi connectivity index (χ2v) is 7.65. The lowest BCUT2D eigenvalue weighted by atomic mass is 9.78. The number of carbonyl (C=O) groups excluding carboxylic acids is 1. The molecule has 2 aliphatic carbocycles. The van der Waals surface area contributed by atoms with Crippen LogP contribution in [0.5, 0.6) is 0 Å². The monoisotopic (exact) mass is 276 g/mol. The molecule has 3 atom stereocenters. The van der Waals surface area contributed by atoms with E-state index in [2.05, 4.69) is 10.2 Å². The zero-order valence-electron chi connectivity index (χ0n) is 12.6. The van der Waals surface area contributed by atoms with Gasteiger partial charge in [-0.1, -0.05) is 12.8 Å². The SMILES string of the molecule is O=C(C1CC12CCNCC2)N1CCC[C@H]2CCCC[C@H]21. The molecule has 0 aromatic carbocycles. The normalized spacial score (nSPS) is 39.4. The van der Waals surface area contributed by atoms with E-state index >= 15 is 0 Å². The van der Waals surface area contributed by atoms with Gasteiger partial charge in [0, 0.05) is 18.5 Å². The first-order chi connectivity index (χ1) is 9.80. The molecule has 2 aliphatic heterocycles. The Morgan fingerprint density at radius 1 is 1.05 bits per heavy atom. The Balaban J connectivity index is 1.45. The Bertz CT molecular complexity index is 386. The zero-order valence-corrected chi connectivity index (χ0v) is 12.6. The molecule has 3 heteroatoms. The van der Waals surface area contributed by atoms with Gasteiger partial charge in [-0.15, -0.1) is 0 Å². The zero-order chi connectivity index (χ0) is 13.6. The largest absolute Gasteiger partial charge is 0.339 e. The Hall–Kier alpha value is -0.570. The van der Waals surface area contributed by atoms with E-state index in [1.54, 1.807) is 0 Å². The van der Waals surface area contributed by atoms with E-state index in [0.717, 1.165) is 25.6 Å². The van der Waals surface area contributed by atoms with E-state index < -0.39 is 0 Å². The molecule has 112 valence electrons. The lowest BCUT2D eigenvalue weighted by Crippen LogP contribution is -2.50. The summed E-state index contributed by atoms with van der Waals surface area (Å²) < 4.78 is 0. The Labute approximate surface area is 122 Å². The number of hydrogen-bond donors (Lipinski definition) is 1. The number of amides is 1. The minimum atomic E-state index is 0.380. The number of carbonyl (C=O) groups is 1. The first-order valence-electron chi connectivity index (χ1n) is 8.81. The number of nitrogens with one attached hydrogen (secondary N) is 1. The standard InChI is InChI=1S/C17H28N2O/c20-16(14-12-17(14)7-9-18-10-8-17)19-11-3-5-13-4-1-2-6-15(13)19/h13-15,18H,1-12H2/t13-,14?,15-/m1/s1. The molecular weight excluding hydrogens is 248 g/mol. The van der Waals surface area contributed by atoms with E-state index in [1.165, 1.54) is 57.8 Å². The van der Waals surface area contributed by atoms with Crippen LogP contribution in [-0.2, 0) is 4.79 Å². The summed E-state index contributed by atoms with van der Waals surface area (Å²) in [6.45, 7) is 3.29. The van der Waals surface area contributed by atoms with Crippen LogP contribution in [0, 0.1) is 17.3 Å². The molecule has 1 N–H and O–H groups in total. The highest BCUT2D eigenvalue weighted by Crippen LogP contribution is 2.59. The predicted molar refractivity (Wildman–Crippen MR) is 79.3 cm³/mol.